The van der Waals surface area contributed by atoms with Crippen molar-refractivity contribution in [3.8, 4) is 11.5 Å². The molecule has 0 saturated carbocycles. The van der Waals surface area contributed by atoms with Crippen LogP contribution in [0.15, 0.2) is 82.8 Å². The highest BCUT2D eigenvalue weighted by Crippen LogP contribution is 2.24. The summed E-state index contributed by atoms with van der Waals surface area (Å²) < 4.78 is 9.25. The van der Waals surface area contributed by atoms with Crippen LogP contribution in [0, 0.1) is 0 Å². The molecule has 2 N–H and O–H groups in total. The van der Waals surface area contributed by atoms with Crippen molar-refractivity contribution < 1.29 is 9.21 Å². The number of carbonyl (C=O) groups is 1. The average Bonchev–Trinajstić information content (AvgIpc) is 3.65. The van der Waals surface area contributed by atoms with Gasteiger partial charge in [0.2, 0.25) is 11.8 Å². The minimum absolute atomic E-state index is 0.203. The molecule has 1 atom stereocenters. The first-order chi connectivity index (χ1) is 17.7. The standard InChI is InChI=1S/C26H23N7O3/c34-24(30-11-17-10-19-12-27-8-9-32(19)16-17)22-6-7-23-29-15-21(26(35)33(22)23)28-13-20-14-31-25(36-20)18-4-2-1-3-5-18/h1-5,8-10,12,14-16,22,28H,6-7,11,13H2,(H,30,34)/t22-/m0/s1. The molecular weight excluding hydrogens is 458 g/mol. The molecule has 5 heterocycles. The van der Waals surface area contributed by atoms with Crippen molar-refractivity contribution in [2.75, 3.05) is 5.32 Å². The summed E-state index contributed by atoms with van der Waals surface area (Å²) in [5, 5.41) is 6.05. The summed E-state index contributed by atoms with van der Waals surface area (Å²) >= 11 is 0. The molecule has 0 bridgehead atoms. The maximum absolute atomic E-state index is 13.2. The zero-order valence-corrected chi connectivity index (χ0v) is 19.3. The van der Waals surface area contributed by atoms with Crippen LogP contribution in [0.25, 0.3) is 17.0 Å². The number of hydrogen-bond donors (Lipinski definition) is 2. The summed E-state index contributed by atoms with van der Waals surface area (Å²) in [7, 11) is 0. The van der Waals surface area contributed by atoms with Crippen molar-refractivity contribution in [3.05, 3.63) is 101 Å². The van der Waals surface area contributed by atoms with Crippen molar-refractivity contribution in [2.24, 2.45) is 0 Å². The molecule has 4 aromatic heterocycles. The lowest BCUT2D eigenvalue weighted by atomic mass is 10.2. The Morgan fingerprint density at radius 3 is 2.86 bits per heavy atom. The normalized spacial score (nSPS) is 14.6. The van der Waals surface area contributed by atoms with E-state index in [4.69, 9.17) is 4.42 Å². The fourth-order valence-electron chi connectivity index (χ4n) is 4.48. The van der Waals surface area contributed by atoms with Crippen molar-refractivity contribution in [3.63, 3.8) is 0 Å². The Hall–Kier alpha value is -4.73. The van der Waals surface area contributed by atoms with Gasteiger partial charge in [-0.15, -0.1) is 0 Å². The highest BCUT2D eigenvalue weighted by Gasteiger charge is 2.31. The van der Waals surface area contributed by atoms with Crippen molar-refractivity contribution >= 4 is 17.1 Å². The van der Waals surface area contributed by atoms with Gasteiger partial charge in [-0.1, -0.05) is 18.2 Å². The number of aryl methyl sites for hydroxylation is 1. The third kappa shape index (κ3) is 4.13. The Labute approximate surface area is 205 Å². The van der Waals surface area contributed by atoms with Gasteiger partial charge in [-0.3, -0.25) is 19.1 Å². The number of carbonyl (C=O) groups excluding carboxylic acids is 1. The van der Waals surface area contributed by atoms with E-state index in [0.29, 0.717) is 42.5 Å². The minimum atomic E-state index is -0.601. The van der Waals surface area contributed by atoms with E-state index in [9.17, 15) is 9.59 Å². The van der Waals surface area contributed by atoms with Gasteiger partial charge in [0.05, 0.1) is 30.7 Å². The van der Waals surface area contributed by atoms with Crippen LogP contribution in [0.2, 0.25) is 0 Å². The number of rotatable bonds is 7. The molecule has 0 unspecified atom stereocenters. The van der Waals surface area contributed by atoms with Gasteiger partial charge in [0, 0.05) is 37.1 Å². The molecular formula is C26H23N7O3. The third-order valence-corrected chi connectivity index (χ3v) is 6.28. The Balaban J connectivity index is 1.14. The monoisotopic (exact) mass is 481 g/mol. The number of oxazole rings is 1. The zero-order valence-electron chi connectivity index (χ0n) is 19.3. The molecule has 10 heteroatoms. The van der Waals surface area contributed by atoms with E-state index in [2.05, 4.69) is 25.6 Å². The number of nitrogens with zero attached hydrogens (tertiary/aromatic N) is 5. The number of nitrogens with one attached hydrogen (secondary N) is 2. The maximum atomic E-state index is 13.2. The van der Waals surface area contributed by atoms with Crippen LogP contribution >= 0.6 is 0 Å². The molecule has 0 saturated heterocycles. The van der Waals surface area contributed by atoms with Gasteiger partial charge in [-0.2, -0.15) is 0 Å². The van der Waals surface area contributed by atoms with E-state index in [-0.39, 0.29) is 18.0 Å². The second-order valence-electron chi connectivity index (χ2n) is 8.64. The van der Waals surface area contributed by atoms with Crippen LogP contribution in [-0.4, -0.2) is 29.8 Å². The minimum Gasteiger partial charge on any atom is -0.439 e. The molecule has 1 amide bonds. The maximum Gasteiger partial charge on any atom is 0.277 e. The Kier molecular flexibility index (Phi) is 5.53. The predicted molar refractivity (Wildman–Crippen MR) is 132 cm³/mol. The Bertz CT molecular complexity index is 1570. The van der Waals surface area contributed by atoms with Crippen LogP contribution in [0.4, 0.5) is 5.69 Å². The first-order valence-corrected chi connectivity index (χ1v) is 11.7. The molecule has 6 rings (SSSR count). The molecule has 5 aromatic rings. The van der Waals surface area contributed by atoms with Gasteiger partial charge in [0.25, 0.3) is 5.56 Å². The van der Waals surface area contributed by atoms with E-state index >= 15 is 0 Å². The molecule has 0 spiro atoms. The Morgan fingerprint density at radius 1 is 1.11 bits per heavy atom. The van der Waals surface area contributed by atoms with Crippen molar-refractivity contribution in [1.82, 2.24) is 29.2 Å². The van der Waals surface area contributed by atoms with Gasteiger partial charge in [-0.25, -0.2) is 9.97 Å². The van der Waals surface area contributed by atoms with Crippen molar-refractivity contribution in [1.29, 1.82) is 0 Å². The second-order valence-corrected chi connectivity index (χ2v) is 8.64. The number of aromatic nitrogens is 5. The number of hydrogen-bond acceptors (Lipinski definition) is 7. The van der Waals surface area contributed by atoms with Crippen LogP contribution in [0.3, 0.4) is 0 Å². The average molecular weight is 482 g/mol. The van der Waals surface area contributed by atoms with Gasteiger partial charge in [-0.05, 0) is 30.2 Å². The van der Waals surface area contributed by atoms with E-state index < -0.39 is 6.04 Å². The molecule has 10 nitrogen and oxygen atoms in total. The summed E-state index contributed by atoms with van der Waals surface area (Å²) in [4.78, 5) is 39.1. The molecule has 0 fully saturated rings. The summed E-state index contributed by atoms with van der Waals surface area (Å²) in [5.74, 6) is 1.51. The topological polar surface area (TPSA) is 119 Å². The molecule has 0 radical (unpaired) electrons. The predicted octanol–water partition coefficient (Wildman–Crippen LogP) is 2.96. The third-order valence-electron chi connectivity index (χ3n) is 6.28. The van der Waals surface area contributed by atoms with E-state index in [1.807, 2.05) is 53.2 Å². The van der Waals surface area contributed by atoms with Gasteiger partial charge >= 0.3 is 0 Å². The molecule has 0 aliphatic carbocycles. The smallest absolute Gasteiger partial charge is 0.277 e. The summed E-state index contributed by atoms with van der Waals surface area (Å²) in [6.07, 6.45) is 11.5. The number of amides is 1. The highest BCUT2D eigenvalue weighted by atomic mass is 16.4. The number of anilines is 1. The second kappa shape index (κ2) is 9.14. The van der Waals surface area contributed by atoms with Crippen LogP contribution in [0.5, 0.6) is 0 Å². The molecule has 1 aliphatic rings. The van der Waals surface area contributed by atoms with Crippen LogP contribution < -0.4 is 16.2 Å². The largest absolute Gasteiger partial charge is 0.439 e. The fourth-order valence-corrected chi connectivity index (χ4v) is 4.48. The van der Waals surface area contributed by atoms with E-state index in [1.165, 1.54) is 10.8 Å². The van der Waals surface area contributed by atoms with E-state index in [1.54, 1.807) is 18.6 Å². The van der Waals surface area contributed by atoms with Gasteiger partial charge in [0.1, 0.15) is 23.3 Å². The van der Waals surface area contributed by atoms with Gasteiger partial charge in [0.15, 0.2) is 0 Å². The van der Waals surface area contributed by atoms with Crippen molar-refractivity contribution in [2.45, 2.75) is 32.0 Å². The summed E-state index contributed by atoms with van der Waals surface area (Å²) in [6.45, 7) is 0.631. The van der Waals surface area contributed by atoms with Crippen LogP contribution in [-0.2, 0) is 24.3 Å². The number of benzene rings is 1. The summed E-state index contributed by atoms with van der Waals surface area (Å²) in [6, 6.07) is 11.0. The van der Waals surface area contributed by atoms with E-state index in [0.717, 1.165) is 16.6 Å². The quantitative estimate of drug-likeness (QED) is 0.367. The SMILES string of the molecule is O=C(NCc1cc2cnccn2c1)[C@@H]1CCc2ncc(NCc3cnc(-c4ccccc4)o3)c(=O)n21. The zero-order chi connectivity index (χ0) is 24.5. The Morgan fingerprint density at radius 2 is 2.00 bits per heavy atom. The molecule has 1 aromatic carbocycles. The van der Waals surface area contributed by atoms with Crippen LogP contribution in [0.1, 0.15) is 29.6 Å². The molecule has 36 heavy (non-hydrogen) atoms. The first-order valence-electron chi connectivity index (χ1n) is 11.7. The lowest BCUT2D eigenvalue weighted by Crippen LogP contribution is -2.36. The highest BCUT2D eigenvalue weighted by molar-refractivity contribution is 5.81. The molecule has 180 valence electrons. The van der Waals surface area contributed by atoms with Gasteiger partial charge < -0.3 is 19.5 Å². The number of fused-ring (bicyclic) bond motifs is 2. The lowest BCUT2D eigenvalue weighted by Gasteiger charge is -2.15. The lowest BCUT2D eigenvalue weighted by molar-refractivity contribution is -0.124. The molecule has 1 aliphatic heterocycles. The summed E-state index contributed by atoms with van der Waals surface area (Å²) in [5.41, 5.74) is 2.81. The first kappa shape index (κ1) is 21.8. The fraction of sp³-hybridized carbons (Fsp3) is 0.192.